The minimum atomic E-state index is 0.516. The molecule has 0 aliphatic heterocycles. The van der Waals surface area contributed by atoms with Crippen molar-refractivity contribution >= 4 is 5.69 Å². The number of fused-ring (bicyclic) bond motifs is 1. The molecule has 1 aliphatic rings. The van der Waals surface area contributed by atoms with Crippen LogP contribution in [0, 0.1) is 0 Å². The normalized spacial score (nSPS) is 14.9. The molecule has 0 atom stereocenters. The van der Waals surface area contributed by atoms with Crippen LogP contribution in [-0.4, -0.2) is 15.8 Å². The van der Waals surface area contributed by atoms with Crippen LogP contribution in [0.15, 0.2) is 36.7 Å². The number of aromatic nitrogens is 2. The highest BCUT2D eigenvalue weighted by molar-refractivity contribution is 5.43. The maximum Gasteiger partial charge on any atom is 0.0728 e. The molecule has 0 saturated heterocycles. The van der Waals surface area contributed by atoms with Crippen molar-refractivity contribution in [1.29, 1.82) is 0 Å². The average Bonchev–Trinajstić information content (AvgIpc) is 2.94. The van der Waals surface area contributed by atoms with Crippen LogP contribution in [0.25, 0.3) is 0 Å². The zero-order chi connectivity index (χ0) is 11.7. The second-order valence-electron chi connectivity index (χ2n) is 4.60. The van der Waals surface area contributed by atoms with Gasteiger partial charge in [-0.1, -0.05) is 24.3 Å². The van der Waals surface area contributed by atoms with Gasteiger partial charge in [0.2, 0.25) is 0 Å². The number of aryl methyl sites for hydroxylation is 1. The van der Waals surface area contributed by atoms with E-state index < -0.39 is 0 Å². The molecule has 1 heterocycles. The minimum Gasteiger partial charge on any atom is -0.379 e. The Labute approximate surface area is 101 Å². The van der Waals surface area contributed by atoms with E-state index in [2.05, 4.69) is 47.8 Å². The Morgan fingerprint density at radius 1 is 1.29 bits per heavy atom. The lowest BCUT2D eigenvalue weighted by atomic mass is 10.1. The summed E-state index contributed by atoms with van der Waals surface area (Å²) in [6.45, 7) is 3.02. The number of rotatable bonds is 3. The van der Waals surface area contributed by atoms with E-state index in [-0.39, 0.29) is 0 Å². The highest BCUT2D eigenvalue weighted by Crippen LogP contribution is 2.24. The van der Waals surface area contributed by atoms with Crippen LogP contribution in [-0.2, 0) is 19.4 Å². The summed E-state index contributed by atoms with van der Waals surface area (Å²) in [6.07, 6.45) is 6.22. The van der Waals surface area contributed by atoms with Crippen molar-refractivity contribution in [2.75, 3.05) is 5.32 Å². The van der Waals surface area contributed by atoms with Crippen molar-refractivity contribution in [3.63, 3.8) is 0 Å². The second-order valence-corrected chi connectivity index (χ2v) is 4.60. The van der Waals surface area contributed by atoms with Gasteiger partial charge in [0.05, 0.1) is 11.9 Å². The summed E-state index contributed by atoms with van der Waals surface area (Å²) in [5.74, 6) is 0. The van der Waals surface area contributed by atoms with Crippen molar-refractivity contribution in [3.05, 3.63) is 47.8 Å². The Morgan fingerprint density at radius 3 is 2.59 bits per heavy atom. The van der Waals surface area contributed by atoms with Gasteiger partial charge in [-0.25, -0.2) is 0 Å². The number of benzene rings is 1. The number of anilines is 1. The predicted octanol–water partition coefficient (Wildman–Crippen LogP) is 2.48. The highest BCUT2D eigenvalue weighted by Gasteiger charge is 2.20. The van der Waals surface area contributed by atoms with Crippen LogP contribution in [0.2, 0.25) is 0 Å². The summed E-state index contributed by atoms with van der Waals surface area (Å²) in [5.41, 5.74) is 4.09. The van der Waals surface area contributed by atoms with E-state index >= 15 is 0 Å². The molecule has 0 unspecified atom stereocenters. The highest BCUT2D eigenvalue weighted by atomic mass is 15.3. The Morgan fingerprint density at radius 2 is 2.00 bits per heavy atom. The van der Waals surface area contributed by atoms with Gasteiger partial charge < -0.3 is 5.32 Å². The fourth-order valence-electron chi connectivity index (χ4n) is 2.51. The minimum absolute atomic E-state index is 0.516. The number of nitrogens with zero attached hydrogens (tertiary/aromatic N) is 2. The molecule has 0 fully saturated rings. The molecule has 0 radical (unpaired) electrons. The maximum absolute atomic E-state index is 4.28. The Bertz CT molecular complexity index is 491. The van der Waals surface area contributed by atoms with Gasteiger partial charge in [0.15, 0.2) is 0 Å². The molecule has 1 aromatic heterocycles. The first-order valence-electron chi connectivity index (χ1n) is 6.21. The number of nitrogens with one attached hydrogen (secondary N) is 1. The van der Waals surface area contributed by atoms with Crippen LogP contribution in [0.4, 0.5) is 5.69 Å². The molecule has 0 bridgehead atoms. The summed E-state index contributed by atoms with van der Waals surface area (Å²) in [7, 11) is 0. The fourth-order valence-corrected chi connectivity index (χ4v) is 2.51. The third kappa shape index (κ3) is 2.05. The van der Waals surface area contributed by atoms with Crippen LogP contribution >= 0.6 is 0 Å². The van der Waals surface area contributed by atoms with Gasteiger partial charge in [0.1, 0.15) is 0 Å². The van der Waals surface area contributed by atoms with Gasteiger partial charge in [-0.05, 0) is 30.9 Å². The van der Waals surface area contributed by atoms with E-state index in [4.69, 9.17) is 0 Å². The first-order valence-corrected chi connectivity index (χ1v) is 6.21. The summed E-state index contributed by atoms with van der Waals surface area (Å²) >= 11 is 0. The molecular formula is C14H17N3. The van der Waals surface area contributed by atoms with E-state index in [9.17, 15) is 0 Å². The lowest BCUT2D eigenvalue weighted by Crippen LogP contribution is -2.18. The zero-order valence-electron chi connectivity index (χ0n) is 10.1. The molecule has 0 saturated carbocycles. The van der Waals surface area contributed by atoms with Crippen LogP contribution < -0.4 is 5.32 Å². The smallest absolute Gasteiger partial charge is 0.0728 e. The van der Waals surface area contributed by atoms with Crippen molar-refractivity contribution in [2.45, 2.75) is 32.4 Å². The molecule has 3 nitrogen and oxygen atoms in total. The van der Waals surface area contributed by atoms with Gasteiger partial charge >= 0.3 is 0 Å². The van der Waals surface area contributed by atoms with E-state index in [0.29, 0.717) is 6.04 Å². The molecule has 1 N–H and O–H groups in total. The lowest BCUT2D eigenvalue weighted by molar-refractivity contribution is 0.659. The molecule has 3 rings (SSSR count). The molecule has 0 amide bonds. The molecular weight excluding hydrogens is 210 g/mol. The Hall–Kier alpha value is -1.77. The predicted molar refractivity (Wildman–Crippen MR) is 69.2 cm³/mol. The van der Waals surface area contributed by atoms with Gasteiger partial charge in [0.25, 0.3) is 0 Å². The maximum atomic E-state index is 4.28. The summed E-state index contributed by atoms with van der Waals surface area (Å²) < 4.78 is 1.95. The number of hydrogen-bond acceptors (Lipinski definition) is 2. The van der Waals surface area contributed by atoms with Crippen molar-refractivity contribution in [2.24, 2.45) is 0 Å². The molecule has 2 aromatic rings. The summed E-state index contributed by atoms with van der Waals surface area (Å²) in [6, 6.07) is 9.22. The Kier molecular flexibility index (Phi) is 2.59. The first-order chi connectivity index (χ1) is 8.35. The summed E-state index contributed by atoms with van der Waals surface area (Å²) in [4.78, 5) is 0. The van der Waals surface area contributed by atoms with E-state index in [1.807, 2.05) is 10.9 Å². The molecule has 17 heavy (non-hydrogen) atoms. The van der Waals surface area contributed by atoms with Crippen molar-refractivity contribution in [3.8, 4) is 0 Å². The van der Waals surface area contributed by atoms with Crippen molar-refractivity contribution < 1.29 is 0 Å². The first kappa shape index (κ1) is 10.4. The van der Waals surface area contributed by atoms with Gasteiger partial charge in [0, 0.05) is 18.8 Å². The summed E-state index contributed by atoms with van der Waals surface area (Å²) in [5, 5.41) is 7.84. The van der Waals surface area contributed by atoms with Crippen molar-refractivity contribution in [1.82, 2.24) is 9.78 Å². The standard InChI is InChI=1S/C14H17N3/c1-2-17-10-14(9-15-17)16-13-7-11-5-3-4-6-12(11)8-13/h3-6,9-10,13,16H,2,7-8H2,1H3. The molecule has 1 aromatic carbocycles. The lowest BCUT2D eigenvalue weighted by Gasteiger charge is -2.10. The number of hydrogen-bond donors (Lipinski definition) is 1. The third-order valence-electron chi connectivity index (χ3n) is 3.38. The van der Waals surface area contributed by atoms with Crippen LogP contribution in [0.1, 0.15) is 18.1 Å². The van der Waals surface area contributed by atoms with E-state index in [1.165, 1.54) is 11.1 Å². The van der Waals surface area contributed by atoms with E-state index in [0.717, 1.165) is 25.1 Å². The molecule has 3 heteroatoms. The van der Waals surface area contributed by atoms with Gasteiger partial charge in [-0.15, -0.1) is 0 Å². The topological polar surface area (TPSA) is 29.9 Å². The van der Waals surface area contributed by atoms with E-state index in [1.54, 1.807) is 0 Å². The van der Waals surface area contributed by atoms with Gasteiger partial charge in [-0.2, -0.15) is 5.10 Å². The Balaban J connectivity index is 1.69. The quantitative estimate of drug-likeness (QED) is 0.873. The van der Waals surface area contributed by atoms with Crippen LogP contribution in [0.5, 0.6) is 0 Å². The van der Waals surface area contributed by atoms with Crippen LogP contribution in [0.3, 0.4) is 0 Å². The molecule has 1 aliphatic carbocycles. The molecule has 88 valence electrons. The SMILES string of the molecule is CCn1cc(NC2Cc3ccccc3C2)cn1. The zero-order valence-corrected chi connectivity index (χ0v) is 10.1. The second kappa shape index (κ2) is 4.24. The average molecular weight is 227 g/mol. The largest absolute Gasteiger partial charge is 0.379 e. The third-order valence-corrected chi connectivity index (χ3v) is 3.38. The fraction of sp³-hybridized carbons (Fsp3) is 0.357. The monoisotopic (exact) mass is 227 g/mol. The molecule has 0 spiro atoms. The van der Waals surface area contributed by atoms with Gasteiger partial charge in [-0.3, -0.25) is 4.68 Å².